The Morgan fingerprint density at radius 3 is 2.88 bits per heavy atom. The molecule has 5 nitrogen and oxygen atoms in total. The Bertz CT molecular complexity index is 599. The molecule has 0 spiro atoms. The van der Waals surface area contributed by atoms with E-state index in [9.17, 15) is 0 Å². The number of thiazole rings is 1. The van der Waals surface area contributed by atoms with Gasteiger partial charge in [-0.2, -0.15) is 16.3 Å². The van der Waals surface area contributed by atoms with Crippen LogP contribution in [0.4, 0.5) is 5.13 Å². The van der Waals surface area contributed by atoms with Gasteiger partial charge in [-0.3, -0.25) is 0 Å². The molecule has 3 aromatic rings. The Kier molecular flexibility index (Phi) is 2.19. The van der Waals surface area contributed by atoms with E-state index in [0.717, 1.165) is 5.56 Å². The average Bonchev–Trinajstić information content (AvgIpc) is 2.97. The molecule has 0 bridgehead atoms. The monoisotopic (exact) mass is 250 g/mol. The summed E-state index contributed by atoms with van der Waals surface area (Å²) in [4.78, 5) is 8.33. The summed E-state index contributed by atoms with van der Waals surface area (Å²) in [6.07, 6.45) is 0. The van der Waals surface area contributed by atoms with E-state index < -0.39 is 0 Å². The molecular weight excluding hydrogens is 244 g/mol. The van der Waals surface area contributed by atoms with E-state index in [1.165, 1.54) is 11.3 Å². The molecule has 0 saturated carbocycles. The van der Waals surface area contributed by atoms with Crippen molar-refractivity contribution in [1.29, 1.82) is 0 Å². The maximum atomic E-state index is 5.54. The number of rotatable bonds is 2. The Morgan fingerprint density at radius 2 is 2.19 bits per heavy atom. The zero-order chi connectivity index (χ0) is 11.0. The molecule has 0 radical (unpaired) electrons. The second kappa shape index (κ2) is 3.69. The number of nitrogen functional groups attached to an aromatic ring is 1. The van der Waals surface area contributed by atoms with Crippen molar-refractivity contribution >= 4 is 27.8 Å². The number of aromatic nitrogens is 3. The zero-order valence-electron chi connectivity index (χ0n) is 7.95. The van der Waals surface area contributed by atoms with E-state index in [1.807, 2.05) is 16.8 Å². The molecule has 0 unspecified atom stereocenters. The van der Waals surface area contributed by atoms with E-state index in [1.54, 1.807) is 16.7 Å². The lowest BCUT2D eigenvalue weighted by Crippen LogP contribution is -1.83. The van der Waals surface area contributed by atoms with Gasteiger partial charge in [0.1, 0.15) is 5.69 Å². The van der Waals surface area contributed by atoms with Gasteiger partial charge in [-0.1, -0.05) is 5.16 Å². The molecule has 7 heteroatoms. The first-order chi connectivity index (χ1) is 7.83. The van der Waals surface area contributed by atoms with E-state index >= 15 is 0 Å². The molecule has 3 aromatic heterocycles. The second-order valence-electron chi connectivity index (χ2n) is 3.01. The van der Waals surface area contributed by atoms with Crippen molar-refractivity contribution in [3.05, 3.63) is 22.2 Å². The number of anilines is 1. The van der Waals surface area contributed by atoms with Crippen LogP contribution < -0.4 is 5.73 Å². The topological polar surface area (TPSA) is 77.8 Å². The Morgan fingerprint density at radius 1 is 1.25 bits per heavy atom. The normalized spacial score (nSPS) is 10.8. The second-order valence-corrected chi connectivity index (χ2v) is 4.68. The smallest absolute Gasteiger partial charge is 0.277 e. The molecule has 0 aromatic carbocycles. The summed E-state index contributed by atoms with van der Waals surface area (Å²) in [5.74, 6) is 0.969. The van der Waals surface area contributed by atoms with Crippen LogP contribution in [0.2, 0.25) is 0 Å². The van der Waals surface area contributed by atoms with Gasteiger partial charge in [0, 0.05) is 16.3 Å². The first kappa shape index (κ1) is 9.49. The highest BCUT2D eigenvalue weighted by Gasteiger charge is 2.12. The third-order valence-corrected chi connectivity index (χ3v) is 3.30. The van der Waals surface area contributed by atoms with Crippen molar-refractivity contribution in [2.24, 2.45) is 0 Å². The maximum absolute atomic E-state index is 5.54. The molecule has 16 heavy (non-hydrogen) atoms. The Labute approximate surface area is 98.6 Å². The summed E-state index contributed by atoms with van der Waals surface area (Å²) in [6, 6.07) is 1.94. The Balaban J connectivity index is 2.00. The third-order valence-electron chi connectivity index (χ3n) is 1.95. The third kappa shape index (κ3) is 1.59. The van der Waals surface area contributed by atoms with Crippen LogP contribution in [0.1, 0.15) is 0 Å². The van der Waals surface area contributed by atoms with Crippen LogP contribution in [0.3, 0.4) is 0 Å². The fourth-order valence-electron chi connectivity index (χ4n) is 1.22. The molecule has 0 atom stereocenters. The summed E-state index contributed by atoms with van der Waals surface area (Å²) in [6.45, 7) is 0. The van der Waals surface area contributed by atoms with E-state index in [0.29, 0.717) is 22.5 Å². The van der Waals surface area contributed by atoms with Gasteiger partial charge in [-0.25, -0.2) is 4.98 Å². The fourth-order valence-corrected chi connectivity index (χ4v) is 2.39. The van der Waals surface area contributed by atoms with Crippen molar-refractivity contribution < 1.29 is 4.52 Å². The summed E-state index contributed by atoms with van der Waals surface area (Å²) < 4.78 is 5.12. The van der Waals surface area contributed by atoms with Crippen LogP contribution in [0.5, 0.6) is 0 Å². The summed E-state index contributed by atoms with van der Waals surface area (Å²) in [5.41, 5.74) is 7.11. The van der Waals surface area contributed by atoms with Gasteiger partial charge in [0.2, 0.25) is 5.82 Å². The van der Waals surface area contributed by atoms with Crippen LogP contribution in [0, 0.1) is 0 Å². The average molecular weight is 250 g/mol. The van der Waals surface area contributed by atoms with E-state index in [-0.39, 0.29) is 0 Å². The number of nitrogens with two attached hydrogens (primary N) is 1. The van der Waals surface area contributed by atoms with Crippen LogP contribution in [0.25, 0.3) is 23.0 Å². The molecular formula is C9H6N4OS2. The lowest BCUT2D eigenvalue weighted by atomic mass is 10.3. The van der Waals surface area contributed by atoms with Crippen molar-refractivity contribution in [3.63, 3.8) is 0 Å². The highest BCUT2D eigenvalue weighted by atomic mass is 32.1. The van der Waals surface area contributed by atoms with Crippen molar-refractivity contribution in [1.82, 2.24) is 15.1 Å². The highest BCUT2D eigenvalue weighted by molar-refractivity contribution is 7.13. The van der Waals surface area contributed by atoms with E-state index in [4.69, 9.17) is 10.3 Å². The van der Waals surface area contributed by atoms with Gasteiger partial charge in [0.05, 0.1) is 0 Å². The molecule has 0 saturated heterocycles. The minimum atomic E-state index is 0.397. The lowest BCUT2D eigenvalue weighted by Gasteiger charge is -1.83. The van der Waals surface area contributed by atoms with Crippen LogP contribution >= 0.6 is 22.7 Å². The van der Waals surface area contributed by atoms with Gasteiger partial charge < -0.3 is 10.3 Å². The first-order valence-electron chi connectivity index (χ1n) is 4.40. The molecule has 0 fully saturated rings. The molecule has 80 valence electrons. The van der Waals surface area contributed by atoms with Crippen LogP contribution in [-0.2, 0) is 0 Å². The van der Waals surface area contributed by atoms with Crippen LogP contribution in [-0.4, -0.2) is 15.1 Å². The molecule has 0 amide bonds. The number of thiophene rings is 1. The summed E-state index contributed by atoms with van der Waals surface area (Å²) >= 11 is 2.94. The molecule has 0 aliphatic rings. The summed E-state index contributed by atoms with van der Waals surface area (Å²) in [5, 5.41) is 10.1. The predicted octanol–water partition coefficient (Wildman–Crippen LogP) is 2.50. The predicted molar refractivity (Wildman–Crippen MR) is 63.1 cm³/mol. The van der Waals surface area contributed by atoms with Gasteiger partial charge in [-0.15, -0.1) is 11.3 Å². The minimum Gasteiger partial charge on any atom is -0.375 e. The van der Waals surface area contributed by atoms with Crippen molar-refractivity contribution in [2.45, 2.75) is 0 Å². The SMILES string of the molecule is Nc1nc(-c2nc(-c3ccsc3)no2)cs1. The number of hydrogen-bond donors (Lipinski definition) is 1. The number of nitrogens with zero attached hydrogens (tertiary/aromatic N) is 3. The van der Waals surface area contributed by atoms with Gasteiger partial charge >= 0.3 is 0 Å². The standard InChI is InChI=1S/C9H6N4OS2/c10-9-11-6(4-16-9)8-12-7(13-14-8)5-1-2-15-3-5/h1-4H,(H2,10,11). The molecule has 0 aliphatic heterocycles. The Hall–Kier alpha value is -1.73. The molecule has 3 heterocycles. The van der Waals surface area contributed by atoms with Crippen molar-refractivity contribution in [2.75, 3.05) is 5.73 Å². The summed E-state index contributed by atoms with van der Waals surface area (Å²) in [7, 11) is 0. The van der Waals surface area contributed by atoms with Gasteiger partial charge in [0.15, 0.2) is 5.13 Å². The van der Waals surface area contributed by atoms with Gasteiger partial charge in [-0.05, 0) is 11.4 Å². The lowest BCUT2D eigenvalue weighted by molar-refractivity contribution is 0.431. The van der Waals surface area contributed by atoms with Crippen LogP contribution in [0.15, 0.2) is 26.7 Å². The minimum absolute atomic E-state index is 0.397. The number of hydrogen-bond acceptors (Lipinski definition) is 7. The maximum Gasteiger partial charge on any atom is 0.277 e. The highest BCUT2D eigenvalue weighted by Crippen LogP contribution is 2.25. The molecule has 3 rings (SSSR count). The molecule has 0 aliphatic carbocycles. The fraction of sp³-hybridized carbons (Fsp3) is 0. The van der Waals surface area contributed by atoms with Crippen molar-refractivity contribution in [3.8, 4) is 23.0 Å². The molecule has 2 N–H and O–H groups in total. The quantitative estimate of drug-likeness (QED) is 0.756. The van der Waals surface area contributed by atoms with Gasteiger partial charge in [0.25, 0.3) is 5.89 Å². The van der Waals surface area contributed by atoms with E-state index in [2.05, 4.69) is 15.1 Å². The largest absolute Gasteiger partial charge is 0.375 e. The zero-order valence-corrected chi connectivity index (χ0v) is 9.59. The first-order valence-corrected chi connectivity index (χ1v) is 6.23.